The van der Waals surface area contributed by atoms with Crippen molar-refractivity contribution in [1.82, 2.24) is 4.98 Å². The number of carbonyl (C=O) groups is 1. The second-order valence-corrected chi connectivity index (χ2v) is 5.14. The molecule has 3 nitrogen and oxygen atoms in total. The molecule has 0 aliphatic heterocycles. The monoisotopic (exact) mass is 315 g/mol. The number of carboxylic acids is 1. The van der Waals surface area contributed by atoms with E-state index in [-0.39, 0.29) is 12.0 Å². The smallest absolute Gasteiger partial charge is 0.433 e. The van der Waals surface area contributed by atoms with Gasteiger partial charge < -0.3 is 5.11 Å². The molecule has 0 bridgehead atoms. The summed E-state index contributed by atoms with van der Waals surface area (Å²) < 4.78 is 38.5. The second kappa shape index (κ2) is 7.96. The summed E-state index contributed by atoms with van der Waals surface area (Å²) in [7, 11) is 0. The van der Waals surface area contributed by atoms with E-state index in [1.54, 1.807) is 6.08 Å². The van der Waals surface area contributed by atoms with Gasteiger partial charge in [-0.2, -0.15) is 13.2 Å². The van der Waals surface area contributed by atoms with Crippen LogP contribution in [0.15, 0.2) is 24.4 Å². The molecule has 22 heavy (non-hydrogen) atoms. The summed E-state index contributed by atoms with van der Waals surface area (Å²) in [6.07, 6.45) is 0.376. The largest absolute Gasteiger partial charge is 0.481 e. The van der Waals surface area contributed by atoms with Crippen LogP contribution in [0.25, 0.3) is 5.57 Å². The van der Waals surface area contributed by atoms with Gasteiger partial charge in [0, 0.05) is 11.8 Å². The third kappa shape index (κ3) is 4.86. The lowest BCUT2D eigenvalue weighted by molar-refractivity contribution is -0.142. The van der Waals surface area contributed by atoms with E-state index in [4.69, 9.17) is 5.11 Å². The molecule has 2 rings (SSSR count). The maximum atomic E-state index is 12.8. The minimum absolute atomic E-state index is 0.0545. The van der Waals surface area contributed by atoms with Crippen LogP contribution in [-0.2, 0) is 11.0 Å². The Bertz CT molecular complexity index is 538. The van der Waals surface area contributed by atoms with Crippen LogP contribution in [0.2, 0.25) is 0 Å². The van der Waals surface area contributed by atoms with Crippen molar-refractivity contribution in [2.75, 3.05) is 0 Å². The fourth-order valence-electron chi connectivity index (χ4n) is 2.19. The minimum Gasteiger partial charge on any atom is -0.481 e. The molecule has 1 atom stereocenters. The predicted molar refractivity (Wildman–Crippen MR) is 78.2 cm³/mol. The van der Waals surface area contributed by atoms with Crippen LogP contribution < -0.4 is 0 Å². The fourth-order valence-corrected chi connectivity index (χ4v) is 2.19. The Hall–Kier alpha value is -1.85. The first-order chi connectivity index (χ1) is 10.3. The van der Waals surface area contributed by atoms with Crippen molar-refractivity contribution in [3.05, 3.63) is 35.7 Å². The van der Waals surface area contributed by atoms with Gasteiger partial charge in [-0.1, -0.05) is 32.4 Å². The van der Waals surface area contributed by atoms with Crippen LogP contribution >= 0.6 is 0 Å². The summed E-state index contributed by atoms with van der Waals surface area (Å²) in [5.74, 6) is -1.41. The Morgan fingerprint density at radius 2 is 2.05 bits per heavy atom. The lowest BCUT2D eigenvalue weighted by atomic mass is 9.86. The first kappa shape index (κ1) is 18.2. The molecule has 0 fully saturated rings. The predicted octanol–water partition coefficient (Wildman–Crippen LogP) is 4.78. The Balaban J connectivity index is 0.000000745. The molecule has 0 saturated carbocycles. The summed E-state index contributed by atoms with van der Waals surface area (Å²) >= 11 is 0. The lowest BCUT2D eigenvalue weighted by Crippen LogP contribution is -2.17. The first-order valence-electron chi connectivity index (χ1n) is 7.25. The summed E-state index contributed by atoms with van der Waals surface area (Å²) in [4.78, 5) is 14.2. The standard InChI is InChI=1S/C13H12F3NO2.C3H8/c14-13(15,16)11-10(2-1-7-17-11)8-3-5-9(6-4-8)12(18)19;1-3-2/h1-3,7,9H,4-6H2,(H,18,19);3H2,1-2H3. The maximum Gasteiger partial charge on any atom is 0.433 e. The van der Waals surface area contributed by atoms with Crippen LogP contribution in [0.3, 0.4) is 0 Å². The van der Waals surface area contributed by atoms with Crippen LogP contribution in [0.5, 0.6) is 0 Å². The molecular weight excluding hydrogens is 295 g/mol. The van der Waals surface area contributed by atoms with E-state index < -0.39 is 23.8 Å². The Morgan fingerprint density at radius 1 is 1.41 bits per heavy atom. The van der Waals surface area contributed by atoms with Crippen LogP contribution in [-0.4, -0.2) is 16.1 Å². The number of aliphatic carboxylic acids is 1. The van der Waals surface area contributed by atoms with Crippen molar-refractivity contribution in [3.8, 4) is 0 Å². The zero-order chi connectivity index (χ0) is 16.8. The van der Waals surface area contributed by atoms with Gasteiger partial charge >= 0.3 is 12.1 Å². The van der Waals surface area contributed by atoms with Crippen LogP contribution in [0, 0.1) is 5.92 Å². The Kier molecular flexibility index (Phi) is 6.59. The molecule has 0 amide bonds. The molecule has 1 unspecified atom stereocenters. The SMILES string of the molecule is CCC.O=C(O)C1CC=C(c2cccnc2C(F)(F)F)CC1. The number of pyridine rings is 1. The zero-order valence-electron chi connectivity index (χ0n) is 12.7. The van der Waals surface area contributed by atoms with Crippen molar-refractivity contribution >= 4 is 11.5 Å². The van der Waals surface area contributed by atoms with Gasteiger partial charge in [-0.3, -0.25) is 9.78 Å². The Morgan fingerprint density at radius 3 is 2.50 bits per heavy atom. The molecule has 1 heterocycles. The molecule has 1 aliphatic rings. The Labute approximate surface area is 127 Å². The minimum atomic E-state index is -4.50. The van der Waals surface area contributed by atoms with E-state index in [0.717, 1.165) is 6.20 Å². The number of halogens is 3. The summed E-state index contributed by atoms with van der Waals surface area (Å²) in [6, 6.07) is 2.83. The number of nitrogens with zero attached hydrogens (tertiary/aromatic N) is 1. The van der Waals surface area contributed by atoms with E-state index in [1.165, 1.54) is 18.6 Å². The van der Waals surface area contributed by atoms with Crippen molar-refractivity contribution in [2.45, 2.75) is 45.7 Å². The molecule has 1 aromatic rings. The summed E-state index contributed by atoms with van der Waals surface area (Å²) in [6.45, 7) is 4.25. The van der Waals surface area contributed by atoms with Gasteiger partial charge in [0.15, 0.2) is 5.69 Å². The van der Waals surface area contributed by atoms with E-state index in [0.29, 0.717) is 18.4 Å². The molecular formula is C16H20F3NO2. The summed E-state index contributed by atoms with van der Waals surface area (Å²) in [5, 5.41) is 8.86. The highest BCUT2D eigenvalue weighted by molar-refractivity contribution is 5.74. The van der Waals surface area contributed by atoms with Gasteiger partial charge in [0.1, 0.15) is 0 Å². The number of alkyl halides is 3. The van der Waals surface area contributed by atoms with Crippen LogP contribution in [0.4, 0.5) is 13.2 Å². The maximum absolute atomic E-state index is 12.8. The highest BCUT2D eigenvalue weighted by atomic mass is 19.4. The average Bonchev–Trinajstić information content (AvgIpc) is 2.47. The van der Waals surface area contributed by atoms with Gasteiger partial charge in [-0.15, -0.1) is 0 Å². The summed E-state index contributed by atoms with van der Waals surface area (Å²) in [5.41, 5.74) is -0.327. The third-order valence-electron chi connectivity index (χ3n) is 3.18. The molecule has 0 saturated heterocycles. The lowest BCUT2D eigenvalue weighted by Gasteiger charge is -2.20. The fraction of sp³-hybridized carbons (Fsp3) is 0.500. The van der Waals surface area contributed by atoms with Crippen molar-refractivity contribution in [2.24, 2.45) is 5.92 Å². The molecule has 1 aromatic heterocycles. The van der Waals surface area contributed by atoms with E-state index in [2.05, 4.69) is 18.8 Å². The molecule has 0 radical (unpaired) electrons. The number of rotatable bonds is 2. The number of carboxylic acid groups (broad SMARTS) is 1. The van der Waals surface area contributed by atoms with Crippen molar-refractivity contribution < 1.29 is 23.1 Å². The number of aromatic nitrogens is 1. The van der Waals surface area contributed by atoms with Gasteiger partial charge in [0.25, 0.3) is 0 Å². The van der Waals surface area contributed by atoms with Crippen LogP contribution in [0.1, 0.15) is 50.8 Å². The average molecular weight is 315 g/mol. The number of hydrogen-bond acceptors (Lipinski definition) is 2. The third-order valence-corrected chi connectivity index (χ3v) is 3.18. The van der Waals surface area contributed by atoms with Gasteiger partial charge in [0.05, 0.1) is 5.92 Å². The van der Waals surface area contributed by atoms with E-state index in [9.17, 15) is 18.0 Å². The molecule has 122 valence electrons. The van der Waals surface area contributed by atoms with Gasteiger partial charge in [0.2, 0.25) is 0 Å². The quantitative estimate of drug-likeness (QED) is 0.854. The first-order valence-corrected chi connectivity index (χ1v) is 7.25. The highest BCUT2D eigenvalue weighted by Crippen LogP contribution is 2.37. The molecule has 0 aromatic carbocycles. The van der Waals surface area contributed by atoms with E-state index >= 15 is 0 Å². The molecule has 0 spiro atoms. The van der Waals surface area contributed by atoms with Crippen molar-refractivity contribution in [1.29, 1.82) is 0 Å². The van der Waals surface area contributed by atoms with Gasteiger partial charge in [-0.05, 0) is 30.9 Å². The number of hydrogen-bond donors (Lipinski definition) is 1. The molecule has 6 heteroatoms. The topological polar surface area (TPSA) is 50.2 Å². The normalized spacial score (nSPS) is 18.0. The molecule has 1 N–H and O–H groups in total. The van der Waals surface area contributed by atoms with Gasteiger partial charge in [-0.25, -0.2) is 0 Å². The molecule has 1 aliphatic carbocycles. The van der Waals surface area contributed by atoms with Crippen molar-refractivity contribution in [3.63, 3.8) is 0 Å². The highest BCUT2D eigenvalue weighted by Gasteiger charge is 2.36. The number of allylic oxidation sites excluding steroid dienone is 2. The second-order valence-electron chi connectivity index (χ2n) is 5.14. The zero-order valence-corrected chi connectivity index (χ0v) is 12.7. The van der Waals surface area contributed by atoms with E-state index in [1.807, 2.05) is 0 Å².